The predicted octanol–water partition coefficient (Wildman–Crippen LogP) is 6.08. The van der Waals surface area contributed by atoms with Crippen LogP contribution in [0.3, 0.4) is 0 Å². The highest BCUT2D eigenvalue weighted by Gasteiger charge is 2.37. The van der Waals surface area contributed by atoms with E-state index < -0.39 is 23.5 Å². The number of benzene rings is 2. The Kier molecular flexibility index (Phi) is 7.61. The number of halogens is 6. The Hall–Kier alpha value is -4.08. The highest BCUT2D eigenvalue weighted by Crippen LogP contribution is 2.36. The van der Waals surface area contributed by atoms with Gasteiger partial charge in [-0.05, 0) is 41.5 Å². The van der Waals surface area contributed by atoms with Gasteiger partial charge in [-0.2, -0.15) is 26.3 Å². The van der Waals surface area contributed by atoms with Gasteiger partial charge < -0.3 is 9.47 Å². The van der Waals surface area contributed by atoms with Gasteiger partial charge in [0.2, 0.25) is 0 Å². The van der Waals surface area contributed by atoms with Crippen LogP contribution < -0.4 is 18.6 Å². The molecule has 2 heterocycles. The van der Waals surface area contributed by atoms with E-state index in [9.17, 15) is 26.3 Å². The topological polar surface area (TPSA) is 26.2 Å². The summed E-state index contributed by atoms with van der Waals surface area (Å²) in [6, 6.07) is 14.6. The van der Waals surface area contributed by atoms with Crippen molar-refractivity contribution in [3.63, 3.8) is 0 Å². The lowest BCUT2D eigenvalue weighted by Crippen LogP contribution is -2.33. The lowest BCUT2D eigenvalue weighted by Gasteiger charge is -2.13. The minimum atomic E-state index is -4.88. The molecule has 0 bridgehead atoms. The van der Waals surface area contributed by atoms with Crippen LogP contribution in [0.1, 0.15) is 22.3 Å². The summed E-state index contributed by atoms with van der Waals surface area (Å²) >= 11 is 0. The molecule has 0 atom stereocenters. The molecule has 0 aliphatic carbocycles. The monoisotopic (exact) mass is 534 g/mol. The van der Waals surface area contributed by atoms with Crippen molar-refractivity contribution in [2.75, 3.05) is 14.2 Å². The molecule has 0 saturated heterocycles. The second kappa shape index (κ2) is 10.7. The summed E-state index contributed by atoms with van der Waals surface area (Å²) in [5.41, 5.74) is -0.0247. The molecule has 2 aromatic carbocycles. The first-order chi connectivity index (χ1) is 17.9. The molecular formula is C28H24F6N2O2+2. The number of hydrogen-bond donors (Lipinski definition) is 0. The summed E-state index contributed by atoms with van der Waals surface area (Å²) in [4.78, 5) is 0. The molecule has 0 aliphatic rings. The van der Waals surface area contributed by atoms with Gasteiger partial charge in [0.05, 0.1) is 25.3 Å². The van der Waals surface area contributed by atoms with Gasteiger partial charge in [0, 0.05) is 41.5 Å². The first-order valence-electron chi connectivity index (χ1n) is 11.4. The molecule has 0 spiro atoms. The van der Waals surface area contributed by atoms with E-state index in [2.05, 4.69) is 0 Å². The maximum atomic E-state index is 13.1. The molecule has 0 aliphatic heterocycles. The van der Waals surface area contributed by atoms with Crippen molar-refractivity contribution in [2.24, 2.45) is 0 Å². The van der Waals surface area contributed by atoms with E-state index in [0.717, 1.165) is 28.8 Å². The zero-order valence-corrected chi connectivity index (χ0v) is 20.5. The van der Waals surface area contributed by atoms with Crippen molar-refractivity contribution < 1.29 is 45.0 Å². The van der Waals surface area contributed by atoms with Gasteiger partial charge in [0.1, 0.15) is 11.5 Å². The summed E-state index contributed by atoms with van der Waals surface area (Å²) in [7, 11) is 3.17. The first kappa shape index (κ1) is 27.0. The van der Waals surface area contributed by atoms with Crippen molar-refractivity contribution >= 4 is 0 Å². The number of ether oxygens (including phenoxy) is 2. The second-order valence-electron chi connectivity index (χ2n) is 8.65. The van der Waals surface area contributed by atoms with Crippen LogP contribution in [0.25, 0.3) is 11.1 Å². The van der Waals surface area contributed by atoms with Crippen molar-refractivity contribution in [2.45, 2.75) is 25.4 Å². The van der Waals surface area contributed by atoms with Crippen LogP contribution in [0.4, 0.5) is 26.3 Å². The van der Waals surface area contributed by atoms with Crippen molar-refractivity contribution in [3.8, 4) is 22.6 Å². The van der Waals surface area contributed by atoms with Gasteiger partial charge in [-0.3, -0.25) is 0 Å². The fourth-order valence-electron chi connectivity index (χ4n) is 4.00. The number of aromatic nitrogens is 2. The Labute approximate surface area is 215 Å². The third kappa shape index (κ3) is 6.62. The predicted molar refractivity (Wildman–Crippen MR) is 126 cm³/mol. The summed E-state index contributed by atoms with van der Waals surface area (Å²) in [6.45, 7) is 0.436. The Bertz CT molecular complexity index is 1340. The molecule has 38 heavy (non-hydrogen) atoms. The number of nitrogens with zero attached hydrogens (tertiary/aromatic N) is 2. The Morgan fingerprint density at radius 1 is 0.553 bits per heavy atom. The first-order valence-corrected chi connectivity index (χ1v) is 11.4. The maximum absolute atomic E-state index is 13.1. The molecule has 198 valence electrons. The van der Waals surface area contributed by atoms with E-state index in [-0.39, 0.29) is 18.2 Å². The smallest absolute Gasteiger partial charge is 0.416 e. The molecule has 0 N–H and O–H groups in total. The van der Waals surface area contributed by atoms with E-state index in [1.807, 2.05) is 41.2 Å². The maximum Gasteiger partial charge on any atom is 0.416 e. The van der Waals surface area contributed by atoms with Crippen LogP contribution in [0.5, 0.6) is 11.5 Å². The molecule has 0 unspecified atom stereocenters. The minimum Gasteiger partial charge on any atom is -0.497 e. The Morgan fingerprint density at radius 3 is 1.26 bits per heavy atom. The van der Waals surface area contributed by atoms with Crippen LogP contribution >= 0.6 is 0 Å². The molecular weight excluding hydrogens is 510 g/mol. The molecule has 2 aromatic heterocycles. The second-order valence-corrected chi connectivity index (χ2v) is 8.65. The van der Waals surface area contributed by atoms with Gasteiger partial charge in [-0.1, -0.05) is 0 Å². The summed E-state index contributed by atoms with van der Waals surface area (Å²) < 4.78 is 93.0. The summed E-state index contributed by atoms with van der Waals surface area (Å²) in [6.07, 6.45) is -2.72. The molecule has 4 nitrogen and oxygen atoms in total. The number of hydrogen-bond acceptors (Lipinski definition) is 2. The fourth-order valence-corrected chi connectivity index (χ4v) is 4.00. The summed E-state index contributed by atoms with van der Waals surface area (Å²) in [5.74, 6) is 1.38. The van der Waals surface area contributed by atoms with E-state index in [0.29, 0.717) is 18.0 Å². The van der Waals surface area contributed by atoms with Crippen molar-refractivity contribution in [1.82, 2.24) is 0 Å². The SMILES string of the molecule is COc1cc(C[n+]2ccc(-c3cc[n+](Cc4cc(C(F)(F)F)cc(C(F)(F)F)c4)cc3)cc2)cc(OC)c1. The average molecular weight is 535 g/mol. The molecule has 0 amide bonds. The molecule has 10 heteroatoms. The van der Waals surface area contributed by atoms with Crippen molar-refractivity contribution in [3.05, 3.63) is 108 Å². The molecule has 4 aromatic rings. The fraction of sp³-hybridized carbons (Fsp3) is 0.214. The average Bonchev–Trinajstić information content (AvgIpc) is 2.88. The van der Waals surface area contributed by atoms with Gasteiger partial charge in [-0.25, -0.2) is 9.13 Å². The standard InChI is InChI=1S/C28H24F6N2O2/c1-37-25-13-20(14-26(16-25)38-2)18-36-9-5-22(6-10-36)21-3-7-35(8-4-21)17-19-11-23(27(29,30)31)15-24(12-19)28(32,33)34/h3-16H,17-18H2,1-2H3/q+2. The van der Waals surface area contributed by atoms with Crippen LogP contribution in [-0.4, -0.2) is 14.2 Å². The largest absolute Gasteiger partial charge is 0.497 e. The Morgan fingerprint density at radius 2 is 0.921 bits per heavy atom. The van der Waals surface area contributed by atoms with E-state index in [1.165, 1.54) is 4.57 Å². The number of pyridine rings is 2. The Balaban J connectivity index is 1.50. The summed E-state index contributed by atoms with van der Waals surface area (Å²) in [5, 5.41) is 0. The van der Waals surface area contributed by atoms with E-state index >= 15 is 0 Å². The molecule has 4 rings (SSSR count). The van der Waals surface area contributed by atoms with Crippen molar-refractivity contribution in [1.29, 1.82) is 0 Å². The number of methoxy groups -OCH3 is 2. The lowest BCUT2D eigenvalue weighted by atomic mass is 10.0. The lowest BCUT2D eigenvalue weighted by molar-refractivity contribution is -0.688. The van der Waals surface area contributed by atoms with Crippen LogP contribution in [0.2, 0.25) is 0 Å². The van der Waals surface area contributed by atoms with Gasteiger partial charge >= 0.3 is 12.4 Å². The van der Waals surface area contributed by atoms with Crippen LogP contribution in [0.15, 0.2) is 85.5 Å². The van der Waals surface area contributed by atoms with Gasteiger partial charge in [0.15, 0.2) is 37.9 Å². The highest BCUT2D eigenvalue weighted by atomic mass is 19.4. The van der Waals surface area contributed by atoms with E-state index in [4.69, 9.17) is 9.47 Å². The molecule has 0 fully saturated rings. The molecule has 0 radical (unpaired) electrons. The number of rotatable bonds is 7. The van der Waals surface area contributed by atoms with E-state index in [1.54, 1.807) is 44.8 Å². The molecule has 0 saturated carbocycles. The van der Waals surface area contributed by atoms with Gasteiger partial charge in [0.25, 0.3) is 0 Å². The van der Waals surface area contributed by atoms with Crippen LogP contribution in [0, 0.1) is 0 Å². The van der Waals surface area contributed by atoms with Crippen LogP contribution in [-0.2, 0) is 25.4 Å². The minimum absolute atomic E-state index is 0.0974. The third-order valence-corrected chi connectivity index (χ3v) is 5.90. The zero-order valence-electron chi connectivity index (χ0n) is 20.5. The third-order valence-electron chi connectivity index (χ3n) is 5.90. The normalized spacial score (nSPS) is 11.9. The van der Waals surface area contributed by atoms with Gasteiger partial charge in [-0.15, -0.1) is 0 Å². The zero-order chi connectivity index (χ0) is 27.5. The number of alkyl halides is 6. The highest BCUT2D eigenvalue weighted by molar-refractivity contribution is 5.61. The quantitative estimate of drug-likeness (QED) is 0.212.